The Morgan fingerprint density at radius 1 is 1.12 bits per heavy atom. The van der Waals surface area contributed by atoms with Crippen LogP contribution < -0.4 is 0 Å². The topological polar surface area (TPSA) is 26.3 Å². The number of ether oxygens (including phenoxy) is 1. The lowest BCUT2D eigenvalue weighted by Gasteiger charge is -2.05. The number of hydrogen-bond donors (Lipinski definition) is 0. The molecule has 0 aliphatic heterocycles. The molecule has 0 heterocycles. The molecule has 0 bridgehead atoms. The fraction of sp³-hybridized carbons (Fsp3) is 0.800. The second-order valence-corrected chi connectivity index (χ2v) is 5.06. The highest BCUT2D eigenvalue weighted by molar-refractivity contribution is 5.87. The first kappa shape index (κ1) is 16.2. The van der Waals surface area contributed by atoms with Gasteiger partial charge in [0.2, 0.25) is 0 Å². The monoisotopic (exact) mass is 240 g/mol. The number of carbonyl (C=O) groups excluding carboxylic acids is 1. The number of hydrogen-bond acceptors (Lipinski definition) is 2. The Bertz CT molecular complexity index is 229. The standard InChI is InChI=1S/C15H28O2/c1-5-14(4)15(16)17-12-10-8-6-7-9-11-13(2)3/h5,13H,6-12H2,1-4H3. The third kappa shape index (κ3) is 10.1. The van der Waals surface area contributed by atoms with E-state index in [4.69, 9.17) is 4.74 Å². The zero-order chi connectivity index (χ0) is 13.1. The summed E-state index contributed by atoms with van der Waals surface area (Å²) in [6, 6.07) is 0. The zero-order valence-corrected chi connectivity index (χ0v) is 11.9. The van der Waals surface area contributed by atoms with E-state index in [2.05, 4.69) is 13.8 Å². The van der Waals surface area contributed by atoms with E-state index in [0.29, 0.717) is 12.2 Å². The van der Waals surface area contributed by atoms with E-state index < -0.39 is 0 Å². The summed E-state index contributed by atoms with van der Waals surface area (Å²) in [5.74, 6) is 0.645. The molecule has 100 valence electrons. The molecular formula is C15H28O2. The quantitative estimate of drug-likeness (QED) is 0.337. The molecule has 0 saturated heterocycles. The van der Waals surface area contributed by atoms with Crippen molar-refractivity contribution in [3.63, 3.8) is 0 Å². The highest BCUT2D eigenvalue weighted by Gasteiger charge is 2.03. The predicted octanol–water partition coefficient (Wildman–Crippen LogP) is 4.49. The van der Waals surface area contributed by atoms with Crippen LogP contribution in [0.3, 0.4) is 0 Å². The third-order valence-electron chi connectivity index (χ3n) is 2.91. The lowest BCUT2D eigenvalue weighted by Crippen LogP contribution is -2.06. The summed E-state index contributed by atoms with van der Waals surface area (Å²) < 4.78 is 5.13. The lowest BCUT2D eigenvalue weighted by atomic mass is 10.0. The van der Waals surface area contributed by atoms with Gasteiger partial charge in [0, 0.05) is 5.57 Å². The molecular weight excluding hydrogens is 212 g/mol. The first-order valence-electron chi connectivity index (χ1n) is 6.88. The molecule has 0 aromatic carbocycles. The summed E-state index contributed by atoms with van der Waals surface area (Å²) in [5, 5.41) is 0. The lowest BCUT2D eigenvalue weighted by molar-refractivity contribution is -0.139. The van der Waals surface area contributed by atoms with Gasteiger partial charge in [0.25, 0.3) is 0 Å². The highest BCUT2D eigenvalue weighted by atomic mass is 16.5. The zero-order valence-electron chi connectivity index (χ0n) is 11.9. The summed E-state index contributed by atoms with van der Waals surface area (Å²) in [7, 11) is 0. The Labute approximate surface area is 106 Å². The van der Waals surface area contributed by atoms with Crippen molar-refractivity contribution in [2.75, 3.05) is 6.61 Å². The molecule has 0 aliphatic rings. The van der Waals surface area contributed by atoms with E-state index in [-0.39, 0.29) is 5.97 Å². The van der Waals surface area contributed by atoms with Crippen molar-refractivity contribution in [1.82, 2.24) is 0 Å². The molecule has 0 unspecified atom stereocenters. The van der Waals surface area contributed by atoms with Crippen LogP contribution in [0.25, 0.3) is 0 Å². The van der Waals surface area contributed by atoms with Gasteiger partial charge in [-0.25, -0.2) is 4.79 Å². The molecule has 0 spiro atoms. The van der Waals surface area contributed by atoms with Crippen LogP contribution in [-0.4, -0.2) is 12.6 Å². The summed E-state index contributed by atoms with van der Waals surface area (Å²) in [4.78, 5) is 11.3. The van der Waals surface area contributed by atoms with Crippen molar-refractivity contribution in [3.8, 4) is 0 Å². The molecule has 0 amide bonds. The second kappa shape index (κ2) is 10.4. The minimum absolute atomic E-state index is 0.174. The molecule has 0 rings (SSSR count). The highest BCUT2D eigenvalue weighted by Crippen LogP contribution is 2.10. The number of esters is 1. The Morgan fingerprint density at radius 3 is 2.29 bits per heavy atom. The Kier molecular flexibility index (Phi) is 9.89. The fourth-order valence-corrected chi connectivity index (χ4v) is 1.58. The maximum Gasteiger partial charge on any atom is 0.333 e. The first-order chi connectivity index (χ1) is 8.07. The molecule has 0 aliphatic carbocycles. The van der Waals surface area contributed by atoms with Gasteiger partial charge in [-0.2, -0.15) is 0 Å². The van der Waals surface area contributed by atoms with Crippen LogP contribution >= 0.6 is 0 Å². The van der Waals surface area contributed by atoms with Crippen molar-refractivity contribution in [2.45, 2.75) is 66.2 Å². The van der Waals surface area contributed by atoms with E-state index in [1.807, 2.05) is 6.92 Å². The molecule has 0 N–H and O–H groups in total. The molecule has 0 fully saturated rings. The van der Waals surface area contributed by atoms with Crippen LogP contribution in [-0.2, 0) is 9.53 Å². The molecule has 0 aromatic heterocycles. The maximum absolute atomic E-state index is 11.3. The molecule has 2 heteroatoms. The largest absolute Gasteiger partial charge is 0.462 e. The SMILES string of the molecule is CC=C(C)C(=O)OCCCCCCCC(C)C. The molecule has 0 aromatic rings. The number of rotatable bonds is 9. The normalized spacial score (nSPS) is 11.9. The van der Waals surface area contributed by atoms with Gasteiger partial charge < -0.3 is 4.74 Å². The van der Waals surface area contributed by atoms with Crippen LogP contribution in [0.1, 0.15) is 66.2 Å². The first-order valence-corrected chi connectivity index (χ1v) is 6.88. The Balaban J connectivity index is 3.27. The number of allylic oxidation sites excluding steroid dienone is 1. The van der Waals surface area contributed by atoms with Gasteiger partial charge in [-0.05, 0) is 26.2 Å². The molecule has 2 nitrogen and oxygen atoms in total. The van der Waals surface area contributed by atoms with Gasteiger partial charge >= 0.3 is 5.97 Å². The van der Waals surface area contributed by atoms with Crippen molar-refractivity contribution in [3.05, 3.63) is 11.6 Å². The van der Waals surface area contributed by atoms with Gasteiger partial charge in [-0.15, -0.1) is 0 Å². The van der Waals surface area contributed by atoms with E-state index in [0.717, 1.165) is 12.3 Å². The summed E-state index contributed by atoms with van der Waals surface area (Å²) in [6.45, 7) is 8.74. The van der Waals surface area contributed by atoms with E-state index in [1.54, 1.807) is 13.0 Å². The van der Waals surface area contributed by atoms with Crippen molar-refractivity contribution in [2.24, 2.45) is 5.92 Å². The average Bonchev–Trinajstić information content (AvgIpc) is 2.30. The second-order valence-electron chi connectivity index (χ2n) is 5.06. The van der Waals surface area contributed by atoms with Crippen molar-refractivity contribution >= 4 is 5.97 Å². The van der Waals surface area contributed by atoms with Gasteiger partial charge in [0.15, 0.2) is 0 Å². The Hall–Kier alpha value is -0.790. The Morgan fingerprint density at radius 2 is 1.71 bits per heavy atom. The van der Waals surface area contributed by atoms with Crippen LogP contribution in [0.2, 0.25) is 0 Å². The predicted molar refractivity (Wildman–Crippen MR) is 72.9 cm³/mol. The molecule has 0 saturated carbocycles. The van der Waals surface area contributed by atoms with E-state index >= 15 is 0 Å². The summed E-state index contributed by atoms with van der Waals surface area (Å²) in [5.41, 5.74) is 0.696. The van der Waals surface area contributed by atoms with Crippen LogP contribution in [0.15, 0.2) is 11.6 Å². The minimum atomic E-state index is -0.174. The number of carbonyl (C=O) groups is 1. The van der Waals surface area contributed by atoms with Crippen LogP contribution in [0, 0.1) is 5.92 Å². The van der Waals surface area contributed by atoms with Gasteiger partial charge in [-0.1, -0.05) is 52.0 Å². The van der Waals surface area contributed by atoms with Crippen LogP contribution in [0.4, 0.5) is 0 Å². The third-order valence-corrected chi connectivity index (χ3v) is 2.91. The van der Waals surface area contributed by atoms with E-state index in [1.165, 1.54) is 32.1 Å². The van der Waals surface area contributed by atoms with E-state index in [9.17, 15) is 4.79 Å². The average molecular weight is 240 g/mol. The fourth-order valence-electron chi connectivity index (χ4n) is 1.58. The van der Waals surface area contributed by atoms with Gasteiger partial charge in [0.05, 0.1) is 6.61 Å². The summed E-state index contributed by atoms with van der Waals surface area (Å²) >= 11 is 0. The molecule has 17 heavy (non-hydrogen) atoms. The minimum Gasteiger partial charge on any atom is -0.462 e. The van der Waals surface area contributed by atoms with Gasteiger partial charge in [0.1, 0.15) is 0 Å². The van der Waals surface area contributed by atoms with Gasteiger partial charge in [-0.3, -0.25) is 0 Å². The molecule has 0 radical (unpaired) electrons. The van der Waals surface area contributed by atoms with Crippen LogP contribution in [0.5, 0.6) is 0 Å². The summed E-state index contributed by atoms with van der Waals surface area (Å²) in [6.07, 6.45) is 9.16. The maximum atomic E-state index is 11.3. The van der Waals surface area contributed by atoms with Crippen molar-refractivity contribution < 1.29 is 9.53 Å². The number of unbranched alkanes of at least 4 members (excludes halogenated alkanes) is 4. The molecule has 0 atom stereocenters. The van der Waals surface area contributed by atoms with Crippen molar-refractivity contribution in [1.29, 1.82) is 0 Å². The smallest absolute Gasteiger partial charge is 0.333 e.